The Kier molecular flexibility index (Phi) is 5.27. The molecule has 0 bridgehead atoms. The highest BCUT2D eigenvalue weighted by Gasteiger charge is 2.12. The van der Waals surface area contributed by atoms with E-state index >= 15 is 0 Å². The Morgan fingerprint density at radius 3 is 2.52 bits per heavy atom. The van der Waals surface area contributed by atoms with Gasteiger partial charge in [-0.05, 0) is 47.4 Å². The predicted molar refractivity (Wildman–Crippen MR) is 89.0 cm³/mol. The van der Waals surface area contributed by atoms with Gasteiger partial charge in [0.2, 0.25) is 0 Å². The second-order valence-corrected chi connectivity index (χ2v) is 6.20. The van der Waals surface area contributed by atoms with Crippen molar-refractivity contribution in [2.45, 2.75) is 25.6 Å². The highest BCUT2D eigenvalue weighted by molar-refractivity contribution is 9.10. The van der Waals surface area contributed by atoms with Crippen molar-refractivity contribution in [1.29, 1.82) is 5.26 Å². The molecule has 0 amide bonds. The van der Waals surface area contributed by atoms with E-state index < -0.39 is 0 Å². The lowest BCUT2D eigenvalue weighted by molar-refractivity contribution is 0.471. The summed E-state index contributed by atoms with van der Waals surface area (Å²) in [5, 5.41) is 9.26. The first-order chi connectivity index (χ1) is 10.0. The van der Waals surface area contributed by atoms with Gasteiger partial charge in [0.15, 0.2) is 0 Å². The van der Waals surface area contributed by atoms with Gasteiger partial charge in [0.05, 0.1) is 5.56 Å². The third-order valence-electron chi connectivity index (χ3n) is 3.13. The van der Waals surface area contributed by atoms with Crippen LogP contribution in [0.1, 0.15) is 36.5 Å². The number of ether oxygens (including phenoxy) is 1. The molecule has 0 N–H and O–H groups in total. The lowest BCUT2D eigenvalue weighted by atomic mass is 10.0. The zero-order chi connectivity index (χ0) is 15.4. The van der Waals surface area contributed by atoms with E-state index in [0.29, 0.717) is 23.1 Å². The average molecular weight is 365 g/mol. The lowest BCUT2D eigenvalue weighted by Gasteiger charge is -2.15. The highest BCUT2D eigenvalue weighted by Crippen LogP contribution is 2.34. The molecule has 0 heterocycles. The summed E-state index contributed by atoms with van der Waals surface area (Å²) >= 11 is 9.27. The molecule has 0 radical (unpaired) electrons. The van der Waals surface area contributed by atoms with Crippen molar-refractivity contribution in [2.75, 3.05) is 0 Å². The van der Waals surface area contributed by atoms with Crippen LogP contribution < -0.4 is 4.74 Å². The van der Waals surface area contributed by atoms with Crippen LogP contribution in [0.15, 0.2) is 40.9 Å². The molecule has 0 aliphatic carbocycles. The zero-order valence-corrected chi connectivity index (χ0v) is 14.2. The van der Waals surface area contributed by atoms with Gasteiger partial charge in [-0.25, -0.2) is 0 Å². The molecule has 0 aliphatic heterocycles. The fourth-order valence-corrected chi connectivity index (χ4v) is 2.56. The van der Waals surface area contributed by atoms with Crippen LogP contribution in [-0.2, 0) is 5.88 Å². The molecule has 0 atom stereocenters. The maximum atomic E-state index is 9.26. The Hall–Kier alpha value is -1.50. The summed E-state index contributed by atoms with van der Waals surface area (Å²) in [4.78, 5) is 0. The summed E-state index contributed by atoms with van der Waals surface area (Å²) in [5.74, 6) is 2.02. The fraction of sp³-hybridized carbons (Fsp3) is 0.235. The Bertz CT molecular complexity index is 692. The molecule has 0 saturated heterocycles. The second kappa shape index (κ2) is 6.98. The van der Waals surface area contributed by atoms with Crippen molar-refractivity contribution in [3.05, 3.63) is 57.6 Å². The van der Waals surface area contributed by atoms with E-state index in [0.717, 1.165) is 21.3 Å². The van der Waals surface area contributed by atoms with Crippen molar-refractivity contribution in [3.63, 3.8) is 0 Å². The largest absolute Gasteiger partial charge is 0.456 e. The smallest absolute Gasteiger partial charge is 0.145 e. The van der Waals surface area contributed by atoms with Crippen LogP contribution in [0.3, 0.4) is 0 Å². The second-order valence-electron chi connectivity index (χ2n) is 5.01. The van der Waals surface area contributed by atoms with E-state index in [1.807, 2.05) is 24.3 Å². The molecule has 2 rings (SSSR count). The van der Waals surface area contributed by atoms with Crippen LogP contribution in [0.25, 0.3) is 0 Å². The maximum Gasteiger partial charge on any atom is 0.145 e. The molecule has 2 aromatic carbocycles. The summed E-state index contributed by atoms with van der Waals surface area (Å²) in [6.45, 7) is 4.22. The third kappa shape index (κ3) is 3.78. The summed E-state index contributed by atoms with van der Waals surface area (Å²) in [5.41, 5.74) is 2.49. The summed E-state index contributed by atoms with van der Waals surface area (Å²) in [7, 11) is 0. The SMILES string of the molecule is CC(C)c1cc(Br)ccc1Oc1ccc(CCl)cc1C#N. The Labute approximate surface area is 138 Å². The molecule has 0 aromatic heterocycles. The minimum atomic E-state index is 0.324. The van der Waals surface area contributed by atoms with Crippen LogP contribution in [-0.4, -0.2) is 0 Å². The number of hydrogen-bond acceptors (Lipinski definition) is 2. The molecular weight excluding hydrogens is 350 g/mol. The normalized spacial score (nSPS) is 10.5. The fourth-order valence-electron chi connectivity index (χ4n) is 2.02. The van der Waals surface area contributed by atoms with Gasteiger partial charge >= 0.3 is 0 Å². The Morgan fingerprint density at radius 1 is 1.19 bits per heavy atom. The number of nitrogens with zero attached hydrogens (tertiary/aromatic N) is 1. The van der Waals surface area contributed by atoms with Crippen LogP contribution >= 0.6 is 27.5 Å². The van der Waals surface area contributed by atoms with Crippen LogP contribution in [0, 0.1) is 11.3 Å². The van der Waals surface area contributed by atoms with Crippen LogP contribution in [0.2, 0.25) is 0 Å². The Balaban J connectivity index is 2.41. The minimum absolute atomic E-state index is 0.324. The number of alkyl halides is 1. The average Bonchev–Trinajstić information content (AvgIpc) is 2.49. The summed E-state index contributed by atoms with van der Waals surface area (Å²) in [6, 6.07) is 13.5. The van der Waals surface area contributed by atoms with E-state index in [9.17, 15) is 5.26 Å². The first-order valence-corrected chi connectivity index (χ1v) is 7.94. The van der Waals surface area contributed by atoms with E-state index in [1.165, 1.54) is 0 Å². The number of nitriles is 1. The van der Waals surface area contributed by atoms with Crippen molar-refractivity contribution in [3.8, 4) is 17.6 Å². The first-order valence-electron chi connectivity index (χ1n) is 6.61. The lowest BCUT2D eigenvalue weighted by Crippen LogP contribution is -1.96. The molecule has 0 spiro atoms. The van der Waals surface area contributed by atoms with Gasteiger partial charge in [-0.1, -0.05) is 35.8 Å². The van der Waals surface area contributed by atoms with E-state index in [4.69, 9.17) is 16.3 Å². The van der Waals surface area contributed by atoms with E-state index in [1.54, 1.807) is 12.1 Å². The molecular formula is C17H15BrClNO. The van der Waals surface area contributed by atoms with Gasteiger partial charge in [-0.3, -0.25) is 0 Å². The molecule has 4 heteroatoms. The van der Waals surface area contributed by atoms with Gasteiger partial charge in [0.25, 0.3) is 0 Å². The van der Waals surface area contributed by atoms with Crippen molar-refractivity contribution in [1.82, 2.24) is 0 Å². The predicted octanol–water partition coefficient (Wildman–Crippen LogP) is 5.98. The minimum Gasteiger partial charge on any atom is -0.456 e. The first kappa shape index (κ1) is 15.9. The van der Waals surface area contributed by atoms with Gasteiger partial charge < -0.3 is 4.74 Å². The molecule has 2 aromatic rings. The molecule has 2 nitrogen and oxygen atoms in total. The molecule has 0 saturated carbocycles. The molecule has 0 unspecified atom stereocenters. The van der Waals surface area contributed by atoms with Crippen molar-refractivity contribution < 1.29 is 4.74 Å². The topological polar surface area (TPSA) is 33.0 Å². The Morgan fingerprint density at radius 2 is 1.90 bits per heavy atom. The molecule has 21 heavy (non-hydrogen) atoms. The monoisotopic (exact) mass is 363 g/mol. The number of halogens is 2. The van der Waals surface area contributed by atoms with Gasteiger partial charge in [-0.2, -0.15) is 5.26 Å². The number of hydrogen-bond donors (Lipinski definition) is 0. The molecule has 108 valence electrons. The van der Waals surface area contributed by atoms with Crippen molar-refractivity contribution in [2.24, 2.45) is 0 Å². The van der Waals surface area contributed by atoms with Crippen molar-refractivity contribution >= 4 is 27.5 Å². The summed E-state index contributed by atoms with van der Waals surface area (Å²) in [6.07, 6.45) is 0. The van der Waals surface area contributed by atoms with Gasteiger partial charge in [0.1, 0.15) is 17.6 Å². The molecule has 0 fully saturated rings. The number of benzene rings is 2. The highest BCUT2D eigenvalue weighted by atomic mass is 79.9. The molecule has 0 aliphatic rings. The maximum absolute atomic E-state index is 9.26. The van der Waals surface area contributed by atoms with Crippen LogP contribution in [0.4, 0.5) is 0 Å². The zero-order valence-electron chi connectivity index (χ0n) is 11.9. The number of rotatable bonds is 4. The van der Waals surface area contributed by atoms with E-state index in [2.05, 4.69) is 35.8 Å². The van der Waals surface area contributed by atoms with Gasteiger partial charge in [-0.15, -0.1) is 11.6 Å². The summed E-state index contributed by atoms with van der Waals surface area (Å²) < 4.78 is 6.97. The van der Waals surface area contributed by atoms with Gasteiger partial charge in [0, 0.05) is 10.4 Å². The van der Waals surface area contributed by atoms with Crippen LogP contribution in [0.5, 0.6) is 11.5 Å². The quantitative estimate of drug-likeness (QED) is 0.626. The van der Waals surface area contributed by atoms with E-state index in [-0.39, 0.29) is 0 Å². The third-order valence-corrected chi connectivity index (χ3v) is 3.93. The standard InChI is InChI=1S/C17H15BrClNO/c1-11(2)15-8-14(18)4-6-17(15)21-16-5-3-12(9-19)7-13(16)10-20/h3-8,11H,9H2,1-2H3.